The number of halogens is 3. The first kappa shape index (κ1) is 23.1. The van der Waals surface area contributed by atoms with Crippen LogP contribution in [0.4, 0.5) is 13.2 Å². The van der Waals surface area contributed by atoms with E-state index in [0.717, 1.165) is 5.56 Å². The van der Waals surface area contributed by atoms with E-state index in [1.54, 1.807) is 36.7 Å². The molecule has 5 rings (SSSR count). The molecule has 4 aromatic rings. The Kier molecular flexibility index (Phi) is 5.43. The van der Waals surface area contributed by atoms with Gasteiger partial charge < -0.3 is 9.84 Å². The molecule has 0 bridgehead atoms. The molecule has 2 aromatic carbocycles. The first-order valence-corrected chi connectivity index (χ1v) is 11.1. The number of aliphatic hydroxyl groups is 1. The van der Waals surface area contributed by atoms with Crippen LogP contribution in [0.5, 0.6) is 5.75 Å². The lowest BCUT2D eigenvalue weighted by molar-refractivity contribution is -0.0507. The molecule has 1 aliphatic heterocycles. The summed E-state index contributed by atoms with van der Waals surface area (Å²) in [5.74, 6) is -0.390. The van der Waals surface area contributed by atoms with Crippen molar-refractivity contribution in [1.29, 1.82) is 0 Å². The third-order valence-electron chi connectivity index (χ3n) is 6.22. The first-order chi connectivity index (χ1) is 16.5. The molecule has 0 saturated heterocycles. The molecule has 1 atom stereocenters. The number of alkyl halides is 2. The summed E-state index contributed by atoms with van der Waals surface area (Å²) < 4.78 is 49.2. The molecule has 7 nitrogen and oxygen atoms in total. The van der Waals surface area contributed by atoms with Crippen molar-refractivity contribution in [1.82, 2.24) is 19.3 Å². The summed E-state index contributed by atoms with van der Waals surface area (Å²) in [6.45, 7) is 2.29. The summed E-state index contributed by atoms with van der Waals surface area (Å²) in [5, 5.41) is 10.3. The van der Waals surface area contributed by atoms with Crippen molar-refractivity contribution in [2.45, 2.75) is 52.0 Å². The number of ether oxygens (including phenoxy) is 1. The van der Waals surface area contributed by atoms with Crippen molar-refractivity contribution in [3.8, 4) is 16.9 Å². The average Bonchev–Trinajstić information content (AvgIpc) is 3.33. The van der Waals surface area contributed by atoms with Gasteiger partial charge in [0.1, 0.15) is 17.2 Å². The van der Waals surface area contributed by atoms with E-state index in [1.165, 1.54) is 29.2 Å². The van der Waals surface area contributed by atoms with Crippen LogP contribution in [0.15, 0.2) is 47.5 Å². The van der Waals surface area contributed by atoms with E-state index in [0.29, 0.717) is 29.6 Å². The predicted molar refractivity (Wildman–Crippen MR) is 123 cm³/mol. The third kappa shape index (κ3) is 3.97. The van der Waals surface area contributed by atoms with E-state index in [9.17, 15) is 18.7 Å². The van der Waals surface area contributed by atoms with Crippen LogP contribution < -0.4 is 10.3 Å². The molecule has 0 saturated carbocycles. The summed E-state index contributed by atoms with van der Waals surface area (Å²) >= 11 is 0. The molecule has 0 spiro atoms. The molecule has 2 aromatic heterocycles. The van der Waals surface area contributed by atoms with Crippen LogP contribution in [0.3, 0.4) is 0 Å². The highest BCUT2D eigenvalue weighted by Crippen LogP contribution is 2.38. The fourth-order valence-corrected chi connectivity index (χ4v) is 4.62. The van der Waals surface area contributed by atoms with Gasteiger partial charge in [0.25, 0.3) is 5.56 Å². The fraction of sp³-hybridized carbons (Fsp3) is 0.320. The van der Waals surface area contributed by atoms with Gasteiger partial charge >= 0.3 is 6.61 Å². The van der Waals surface area contributed by atoms with Crippen molar-refractivity contribution >= 4 is 10.9 Å². The van der Waals surface area contributed by atoms with Gasteiger partial charge in [0.2, 0.25) is 0 Å². The molecular formula is C25H23F3N4O3. The van der Waals surface area contributed by atoms with Gasteiger partial charge in [0.15, 0.2) is 5.82 Å². The number of nitrogens with zero attached hydrogens (tertiary/aromatic N) is 4. The van der Waals surface area contributed by atoms with Crippen LogP contribution in [0.1, 0.15) is 43.3 Å². The smallest absolute Gasteiger partial charge is 0.387 e. The van der Waals surface area contributed by atoms with Crippen LogP contribution in [-0.4, -0.2) is 31.0 Å². The second-order valence-corrected chi connectivity index (χ2v) is 9.20. The SMILES string of the molecule is Cc1ccc(OC(F)F)c([C@H]2CCn3c(=O)c4cc(F)c(-c5cnc(C(C)(C)O)nc5)cc4n32)c1. The summed E-state index contributed by atoms with van der Waals surface area (Å²) in [6.07, 6.45) is 3.32. The van der Waals surface area contributed by atoms with Gasteiger partial charge in [-0.15, -0.1) is 0 Å². The highest BCUT2D eigenvalue weighted by Gasteiger charge is 2.31. The Morgan fingerprint density at radius 1 is 1.17 bits per heavy atom. The van der Waals surface area contributed by atoms with Crippen LogP contribution in [0, 0.1) is 12.7 Å². The number of hydrogen-bond donors (Lipinski definition) is 1. The first-order valence-electron chi connectivity index (χ1n) is 11.1. The van der Waals surface area contributed by atoms with E-state index in [2.05, 4.69) is 9.97 Å². The Morgan fingerprint density at radius 2 is 1.89 bits per heavy atom. The van der Waals surface area contributed by atoms with E-state index in [-0.39, 0.29) is 28.1 Å². The fourth-order valence-electron chi connectivity index (χ4n) is 4.62. The van der Waals surface area contributed by atoms with E-state index in [1.807, 2.05) is 6.92 Å². The van der Waals surface area contributed by atoms with Gasteiger partial charge in [-0.2, -0.15) is 8.78 Å². The highest BCUT2D eigenvalue weighted by atomic mass is 19.3. The monoisotopic (exact) mass is 484 g/mol. The number of rotatable bonds is 5. The van der Waals surface area contributed by atoms with Crippen LogP contribution >= 0.6 is 0 Å². The molecule has 0 radical (unpaired) electrons. The lowest BCUT2D eigenvalue weighted by Gasteiger charge is -2.19. The summed E-state index contributed by atoms with van der Waals surface area (Å²) in [5.41, 5.74) is 0.788. The minimum Gasteiger partial charge on any atom is -0.434 e. The van der Waals surface area contributed by atoms with Crippen molar-refractivity contribution in [3.63, 3.8) is 0 Å². The Hall–Kier alpha value is -3.66. The number of hydrogen-bond acceptors (Lipinski definition) is 5. The summed E-state index contributed by atoms with van der Waals surface area (Å²) in [7, 11) is 0. The quantitative estimate of drug-likeness (QED) is 0.450. The maximum Gasteiger partial charge on any atom is 0.387 e. The molecule has 35 heavy (non-hydrogen) atoms. The zero-order chi connectivity index (χ0) is 25.1. The largest absolute Gasteiger partial charge is 0.434 e. The Bertz CT molecular complexity index is 1490. The number of benzene rings is 2. The van der Waals surface area contributed by atoms with Crippen molar-refractivity contribution in [3.05, 3.63) is 75.8 Å². The number of aromatic nitrogens is 4. The van der Waals surface area contributed by atoms with E-state index < -0.39 is 24.1 Å². The van der Waals surface area contributed by atoms with Gasteiger partial charge in [0, 0.05) is 35.6 Å². The molecule has 10 heteroatoms. The van der Waals surface area contributed by atoms with Gasteiger partial charge in [-0.25, -0.2) is 19.0 Å². The molecule has 182 valence electrons. The minimum atomic E-state index is -2.99. The molecule has 1 N–H and O–H groups in total. The maximum absolute atomic E-state index is 15.1. The predicted octanol–water partition coefficient (Wildman–Crippen LogP) is 4.53. The minimum absolute atomic E-state index is 0.0382. The third-order valence-corrected chi connectivity index (χ3v) is 6.22. The standard InChI is InChI=1S/C25H23F3N4O3/c1-13-4-5-21(35-24(27)28)16(8-13)19-6-7-31-22(33)17-9-18(26)15(10-20(17)32(19)31)14-11-29-23(30-12-14)25(2,3)34/h4-5,8-12,19,24,34H,6-7H2,1-3H3/t19-/m1/s1. The second kappa shape index (κ2) is 8.23. The molecule has 3 heterocycles. The second-order valence-electron chi connectivity index (χ2n) is 9.20. The zero-order valence-corrected chi connectivity index (χ0v) is 19.3. The van der Waals surface area contributed by atoms with Gasteiger partial charge in [-0.1, -0.05) is 17.7 Å². The molecule has 0 amide bonds. The lowest BCUT2D eigenvalue weighted by Crippen LogP contribution is -2.19. The van der Waals surface area contributed by atoms with Crippen molar-refractivity contribution < 1.29 is 23.0 Å². The molecule has 0 aliphatic carbocycles. The topological polar surface area (TPSA) is 82.2 Å². The molecule has 0 fully saturated rings. The van der Waals surface area contributed by atoms with Crippen LogP contribution in [0.2, 0.25) is 0 Å². The number of fused-ring (bicyclic) bond motifs is 3. The lowest BCUT2D eigenvalue weighted by atomic mass is 10.00. The molecule has 1 aliphatic rings. The maximum atomic E-state index is 15.1. The highest BCUT2D eigenvalue weighted by molar-refractivity contribution is 5.85. The van der Waals surface area contributed by atoms with Crippen molar-refractivity contribution in [2.75, 3.05) is 0 Å². The average molecular weight is 484 g/mol. The summed E-state index contributed by atoms with van der Waals surface area (Å²) in [4.78, 5) is 21.3. The van der Waals surface area contributed by atoms with Gasteiger partial charge in [-0.3, -0.25) is 9.48 Å². The van der Waals surface area contributed by atoms with Gasteiger partial charge in [-0.05, 0) is 45.4 Å². The van der Waals surface area contributed by atoms with E-state index >= 15 is 4.39 Å². The Balaban J connectivity index is 1.67. The van der Waals surface area contributed by atoms with Crippen LogP contribution in [-0.2, 0) is 12.1 Å². The number of aryl methyl sites for hydroxylation is 1. The zero-order valence-electron chi connectivity index (χ0n) is 19.3. The Labute approximate surface area is 198 Å². The normalized spacial score (nSPS) is 15.7. The van der Waals surface area contributed by atoms with Crippen molar-refractivity contribution in [2.24, 2.45) is 0 Å². The summed E-state index contributed by atoms with van der Waals surface area (Å²) in [6, 6.07) is 7.21. The molecular weight excluding hydrogens is 461 g/mol. The van der Waals surface area contributed by atoms with Gasteiger partial charge in [0.05, 0.1) is 16.9 Å². The van der Waals surface area contributed by atoms with E-state index in [4.69, 9.17) is 4.74 Å². The Morgan fingerprint density at radius 3 is 2.54 bits per heavy atom. The van der Waals surface area contributed by atoms with Crippen LogP contribution in [0.25, 0.3) is 22.0 Å². The molecule has 0 unspecified atom stereocenters.